The molecule has 0 aliphatic rings. The molecule has 0 saturated carbocycles. The van der Waals surface area contributed by atoms with E-state index in [1.807, 2.05) is 24.3 Å². The highest BCUT2D eigenvalue weighted by Gasteiger charge is 2.14. The summed E-state index contributed by atoms with van der Waals surface area (Å²) in [6.07, 6.45) is 1.25. The Kier molecular flexibility index (Phi) is 4.11. The van der Waals surface area contributed by atoms with E-state index in [1.54, 1.807) is 6.92 Å². The van der Waals surface area contributed by atoms with Gasteiger partial charge in [-0.15, -0.1) is 0 Å². The van der Waals surface area contributed by atoms with Crippen LogP contribution in [-0.2, 0) is 6.61 Å². The maximum Gasteiger partial charge on any atom is 0.342 e. The van der Waals surface area contributed by atoms with Gasteiger partial charge in [-0.25, -0.2) is 9.78 Å². The van der Waals surface area contributed by atoms with Crippen molar-refractivity contribution in [3.8, 4) is 5.88 Å². The van der Waals surface area contributed by atoms with Crippen LogP contribution in [0.15, 0.2) is 34.9 Å². The van der Waals surface area contributed by atoms with Gasteiger partial charge in [0, 0.05) is 10.7 Å². The largest absolute Gasteiger partial charge is 0.477 e. The van der Waals surface area contributed by atoms with Gasteiger partial charge in [0.2, 0.25) is 5.88 Å². The molecule has 0 saturated heterocycles. The van der Waals surface area contributed by atoms with Crippen molar-refractivity contribution in [2.45, 2.75) is 13.5 Å². The van der Waals surface area contributed by atoms with Crippen LogP contribution in [0.2, 0.25) is 0 Å². The lowest BCUT2D eigenvalue weighted by molar-refractivity contribution is 0.0690. The van der Waals surface area contributed by atoms with Crippen molar-refractivity contribution >= 4 is 21.9 Å². The Hall–Kier alpha value is -1.95. The van der Waals surface area contributed by atoms with Crippen LogP contribution >= 0.6 is 15.9 Å². The Bertz CT molecular complexity index is 599. The van der Waals surface area contributed by atoms with E-state index in [9.17, 15) is 4.79 Å². The predicted molar refractivity (Wildman–Crippen MR) is 72.2 cm³/mol. The second kappa shape index (κ2) is 5.79. The minimum Gasteiger partial charge on any atom is -0.477 e. The summed E-state index contributed by atoms with van der Waals surface area (Å²) in [5.41, 5.74) is 0.888. The number of rotatable bonds is 4. The Morgan fingerprint density at radius 3 is 2.68 bits per heavy atom. The average Bonchev–Trinajstić information content (AvgIpc) is 2.38. The van der Waals surface area contributed by atoms with Gasteiger partial charge in [-0.3, -0.25) is 0 Å². The van der Waals surface area contributed by atoms with Crippen molar-refractivity contribution in [1.29, 1.82) is 0 Å². The van der Waals surface area contributed by atoms with E-state index >= 15 is 0 Å². The highest BCUT2D eigenvalue weighted by molar-refractivity contribution is 9.10. The summed E-state index contributed by atoms with van der Waals surface area (Å²) in [6.45, 7) is 1.93. The third-order valence-corrected chi connectivity index (χ3v) is 2.92. The van der Waals surface area contributed by atoms with Gasteiger partial charge in [-0.2, -0.15) is 4.98 Å². The first-order chi connectivity index (χ1) is 9.06. The van der Waals surface area contributed by atoms with E-state index in [1.165, 1.54) is 6.20 Å². The number of ether oxygens (including phenoxy) is 1. The summed E-state index contributed by atoms with van der Waals surface area (Å²) in [5.74, 6) is -0.551. The van der Waals surface area contributed by atoms with Crippen LogP contribution in [0.5, 0.6) is 5.88 Å². The number of nitrogens with zero attached hydrogens (tertiary/aromatic N) is 2. The van der Waals surface area contributed by atoms with Crippen molar-refractivity contribution in [2.75, 3.05) is 0 Å². The molecule has 0 aliphatic heterocycles. The van der Waals surface area contributed by atoms with Crippen LogP contribution in [0.25, 0.3) is 0 Å². The second-order valence-corrected chi connectivity index (χ2v) is 4.77. The van der Waals surface area contributed by atoms with Gasteiger partial charge >= 0.3 is 5.97 Å². The third kappa shape index (κ3) is 3.51. The van der Waals surface area contributed by atoms with Gasteiger partial charge in [-0.1, -0.05) is 28.1 Å². The van der Waals surface area contributed by atoms with Crippen molar-refractivity contribution in [2.24, 2.45) is 0 Å². The third-order valence-electron chi connectivity index (χ3n) is 2.39. The molecule has 1 aromatic carbocycles. The molecule has 0 spiro atoms. The first-order valence-corrected chi connectivity index (χ1v) is 6.30. The van der Waals surface area contributed by atoms with E-state index in [2.05, 4.69) is 25.9 Å². The summed E-state index contributed by atoms with van der Waals surface area (Å²) < 4.78 is 6.43. The lowest BCUT2D eigenvalue weighted by atomic mass is 10.2. The van der Waals surface area contributed by atoms with Crippen molar-refractivity contribution in [3.05, 3.63) is 51.9 Å². The van der Waals surface area contributed by atoms with Crippen molar-refractivity contribution in [1.82, 2.24) is 9.97 Å². The lowest BCUT2D eigenvalue weighted by Gasteiger charge is -2.08. The summed E-state index contributed by atoms with van der Waals surface area (Å²) in [4.78, 5) is 18.9. The van der Waals surface area contributed by atoms with E-state index < -0.39 is 5.97 Å². The fourth-order valence-electron chi connectivity index (χ4n) is 1.44. The Labute approximate surface area is 118 Å². The number of aryl methyl sites for hydroxylation is 1. The van der Waals surface area contributed by atoms with Crippen LogP contribution in [0.3, 0.4) is 0 Å². The molecule has 5 nitrogen and oxygen atoms in total. The maximum absolute atomic E-state index is 11.0. The van der Waals surface area contributed by atoms with E-state index in [4.69, 9.17) is 9.84 Å². The van der Waals surface area contributed by atoms with Crippen LogP contribution in [0.4, 0.5) is 0 Å². The highest BCUT2D eigenvalue weighted by Crippen LogP contribution is 2.17. The fraction of sp³-hybridized carbons (Fsp3) is 0.154. The van der Waals surface area contributed by atoms with Gasteiger partial charge in [0.25, 0.3) is 0 Å². The Balaban J connectivity index is 2.16. The summed E-state index contributed by atoms with van der Waals surface area (Å²) >= 11 is 3.34. The van der Waals surface area contributed by atoms with E-state index in [0.717, 1.165) is 10.0 Å². The minimum atomic E-state index is -1.11. The number of halogens is 1. The van der Waals surface area contributed by atoms with E-state index in [-0.39, 0.29) is 18.1 Å². The molecule has 0 unspecified atom stereocenters. The summed E-state index contributed by atoms with van der Waals surface area (Å²) in [5, 5.41) is 9.02. The molecule has 0 aliphatic carbocycles. The quantitative estimate of drug-likeness (QED) is 0.937. The van der Waals surface area contributed by atoms with Gasteiger partial charge in [0.1, 0.15) is 18.0 Å². The van der Waals surface area contributed by atoms with E-state index in [0.29, 0.717) is 5.82 Å². The SMILES string of the molecule is Cc1ncc(C(=O)O)c(OCc2ccc(Br)cc2)n1. The van der Waals surface area contributed by atoms with Crippen LogP contribution in [0.1, 0.15) is 21.7 Å². The Morgan fingerprint density at radius 1 is 1.37 bits per heavy atom. The second-order valence-electron chi connectivity index (χ2n) is 3.86. The topological polar surface area (TPSA) is 72.3 Å². The molecule has 0 bridgehead atoms. The zero-order chi connectivity index (χ0) is 13.8. The number of hydrogen-bond acceptors (Lipinski definition) is 4. The molecule has 0 amide bonds. The van der Waals surface area contributed by atoms with Crippen LogP contribution < -0.4 is 4.74 Å². The first-order valence-electron chi connectivity index (χ1n) is 5.50. The predicted octanol–water partition coefficient (Wildman–Crippen LogP) is 2.82. The molecule has 19 heavy (non-hydrogen) atoms. The van der Waals surface area contributed by atoms with Crippen molar-refractivity contribution < 1.29 is 14.6 Å². The number of aromatic carboxylic acids is 1. The van der Waals surface area contributed by atoms with Crippen molar-refractivity contribution in [3.63, 3.8) is 0 Å². The lowest BCUT2D eigenvalue weighted by Crippen LogP contribution is -2.07. The molecule has 1 heterocycles. The number of aromatic nitrogens is 2. The highest BCUT2D eigenvalue weighted by atomic mass is 79.9. The number of carbonyl (C=O) groups is 1. The average molecular weight is 323 g/mol. The molecule has 1 N–H and O–H groups in total. The number of carboxylic acid groups (broad SMARTS) is 1. The van der Waals surface area contributed by atoms with Gasteiger partial charge in [0.05, 0.1) is 0 Å². The number of benzene rings is 1. The molecular formula is C13H11BrN2O3. The number of hydrogen-bond donors (Lipinski definition) is 1. The molecule has 6 heteroatoms. The number of carboxylic acids is 1. The fourth-order valence-corrected chi connectivity index (χ4v) is 1.70. The Morgan fingerprint density at radius 2 is 2.05 bits per heavy atom. The molecule has 1 aromatic heterocycles. The molecule has 0 atom stereocenters. The standard InChI is InChI=1S/C13H11BrN2O3/c1-8-15-6-11(13(17)18)12(16-8)19-7-9-2-4-10(14)5-3-9/h2-6H,7H2,1H3,(H,17,18). The molecule has 2 aromatic rings. The monoisotopic (exact) mass is 322 g/mol. The van der Waals surface area contributed by atoms with Crippen LogP contribution in [0, 0.1) is 6.92 Å². The van der Waals surface area contributed by atoms with Gasteiger partial charge in [-0.05, 0) is 24.6 Å². The zero-order valence-corrected chi connectivity index (χ0v) is 11.7. The van der Waals surface area contributed by atoms with Gasteiger partial charge in [0.15, 0.2) is 0 Å². The first kappa shape index (κ1) is 13.5. The molecule has 2 rings (SSSR count). The molecule has 0 fully saturated rings. The molecular weight excluding hydrogens is 312 g/mol. The normalized spacial score (nSPS) is 10.2. The molecule has 98 valence electrons. The minimum absolute atomic E-state index is 0.0392. The summed E-state index contributed by atoms with van der Waals surface area (Å²) in [6, 6.07) is 7.56. The van der Waals surface area contributed by atoms with Crippen LogP contribution in [-0.4, -0.2) is 21.0 Å². The smallest absolute Gasteiger partial charge is 0.342 e. The van der Waals surface area contributed by atoms with Gasteiger partial charge < -0.3 is 9.84 Å². The maximum atomic E-state index is 11.0. The zero-order valence-electron chi connectivity index (χ0n) is 10.1. The summed E-state index contributed by atoms with van der Waals surface area (Å²) in [7, 11) is 0. The molecule has 0 radical (unpaired) electrons.